The Morgan fingerprint density at radius 1 is 1.55 bits per heavy atom. The normalized spacial score (nSPS) is 21.1. The van der Waals surface area contributed by atoms with E-state index in [1.165, 1.54) is 12.1 Å². The monoisotopic (exact) mass is 303 g/mol. The predicted octanol–water partition coefficient (Wildman–Crippen LogP) is 1.02. The third-order valence-corrected chi connectivity index (χ3v) is 5.07. The van der Waals surface area contributed by atoms with Gasteiger partial charge in [0, 0.05) is 18.6 Å². The van der Waals surface area contributed by atoms with Crippen LogP contribution in [-0.4, -0.2) is 32.8 Å². The first-order valence-electron chi connectivity index (χ1n) is 6.43. The van der Waals surface area contributed by atoms with Gasteiger partial charge in [0.05, 0.1) is 13.2 Å². The van der Waals surface area contributed by atoms with Gasteiger partial charge in [0.1, 0.15) is 10.7 Å². The fraction of sp³-hybridized carbons (Fsp3) is 0.538. The lowest BCUT2D eigenvalue weighted by Gasteiger charge is -2.19. The van der Waals surface area contributed by atoms with E-state index >= 15 is 0 Å². The molecule has 0 bridgehead atoms. The molecule has 1 aliphatic heterocycles. The van der Waals surface area contributed by atoms with Crippen molar-refractivity contribution in [3.8, 4) is 0 Å². The minimum Gasteiger partial charge on any atom is -0.392 e. The van der Waals surface area contributed by atoms with Crippen LogP contribution in [0.25, 0.3) is 0 Å². The first kappa shape index (κ1) is 15.4. The molecule has 0 saturated carbocycles. The van der Waals surface area contributed by atoms with E-state index in [0.717, 1.165) is 12.5 Å². The van der Waals surface area contributed by atoms with Crippen molar-refractivity contribution >= 4 is 10.0 Å². The van der Waals surface area contributed by atoms with Gasteiger partial charge < -0.3 is 9.84 Å². The van der Waals surface area contributed by atoms with Gasteiger partial charge in [0.2, 0.25) is 10.0 Å². The summed E-state index contributed by atoms with van der Waals surface area (Å²) in [7, 11) is -3.91. The highest BCUT2D eigenvalue weighted by molar-refractivity contribution is 7.89. The largest absolute Gasteiger partial charge is 0.392 e. The van der Waals surface area contributed by atoms with Gasteiger partial charge in [0.25, 0.3) is 0 Å². The molecule has 0 aliphatic carbocycles. The van der Waals surface area contributed by atoms with Crippen LogP contribution in [0.5, 0.6) is 0 Å². The third-order valence-electron chi connectivity index (χ3n) is 3.48. The quantitative estimate of drug-likeness (QED) is 0.851. The predicted molar refractivity (Wildman–Crippen MR) is 71.0 cm³/mol. The zero-order valence-corrected chi connectivity index (χ0v) is 12.0. The van der Waals surface area contributed by atoms with Crippen LogP contribution in [0.4, 0.5) is 4.39 Å². The maximum Gasteiger partial charge on any atom is 0.243 e. The van der Waals surface area contributed by atoms with E-state index in [9.17, 15) is 12.8 Å². The van der Waals surface area contributed by atoms with Crippen LogP contribution in [0.2, 0.25) is 0 Å². The van der Waals surface area contributed by atoms with Gasteiger partial charge in [-0.2, -0.15) is 0 Å². The molecule has 0 spiro atoms. The number of aliphatic hydroxyl groups is 1. The highest BCUT2D eigenvalue weighted by Crippen LogP contribution is 2.20. The van der Waals surface area contributed by atoms with Crippen LogP contribution < -0.4 is 4.72 Å². The van der Waals surface area contributed by atoms with E-state index in [1.54, 1.807) is 6.92 Å². The molecule has 1 heterocycles. The molecule has 1 saturated heterocycles. The number of hydrogen-bond acceptors (Lipinski definition) is 4. The number of hydrogen-bond donors (Lipinski definition) is 2. The van der Waals surface area contributed by atoms with Crippen LogP contribution in [0.1, 0.15) is 18.9 Å². The lowest BCUT2D eigenvalue weighted by atomic mass is 10.0. The van der Waals surface area contributed by atoms with Gasteiger partial charge in [-0.15, -0.1) is 0 Å². The summed E-state index contributed by atoms with van der Waals surface area (Å²) in [5.41, 5.74) is 0.332. The minimum absolute atomic E-state index is 0.101. The van der Waals surface area contributed by atoms with Gasteiger partial charge in [-0.25, -0.2) is 17.5 Å². The SMILES string of the molecule is CC(NS(=O)(=O)c1ccc(CO)cc1F)C1CCOC1. The molecule has 2 N–H and O–H groups in total. The van der Waals surface area contributed by atoms with Crippen molar-refractivity contribution in [1.82, 2.24) is 4.72 Å². The van der Waals surface area contributed by atoms with Crippen molar-refractivity contribution in [2.24, 2.45) is 5.92 Å². The van der Waals surface area contributed by atoms with Gasteiger partial charge in [-0.3, -0.25) is 0 Å². The lowest BCUT2D eigenvalue weighted by Crippen LogP contribution is -2.38. The van der Waals surface area contributed by atoms with E-state index in [2.05, 4.69) is 4.72 Å². The van der Waals surface area contributed by atoms with E-state index in [1.807, 2.05) is 0 Å². The molecule has 112 valence electrons. The number of halogens is 1. The van der Waals surface area contributed by atoms with E-state index in [0.29, 0.717) is 18.8 Å². The summed E-state index contributed by atoms with van der Waals surface area (Å²) in [5, 5.41) is 8.90. The average Bonchev–Trinajstić information content (AvgIpc) is 2.91. The fourth-order valence-electron chi connectivity index (χ4n) is 2.21. The van der Waals surface area contributed by atoms with Gasteiger partial charge >= 0.3 is 0 Å². The summed E-state index contributed by atoms with van der Waals surface area (Å²) < 4.78 is 45.8. The molecule has 0 radical (unpaired) electrons. The fourth-order valence-corrected chi connectivity index (χ4v) is 3.58. The second kappa shape index (κ2) is 6.17. The first-order valence-corrected chi connectivity index (χ1v) is 7.91. The molecular weight excluding hydrogens is 285 g/mol. The van der Waals surface area contributed by atoms with Crippen LogP contribution >= 0.6 is 0 Å². The van der Waals surface area contributed by atoms with E-state index in [-0.39, 0.29) is 18.6 Å². The van der Waals surface area contributed by atoms with Crippen molar-refractivity contribution in [1.29, 1.82) is 0 Å². The van der Waals surface area contributed by atoms with E-state index in [4.69, 9.17) is 9.84 Å². The van der Waals surface area contributed by atoms with Crippen molar-refractivity contribution in [2.75, 3.05) is 13.2 Å². The Hall–Kier alpha value is -1.02. The van der Waals surface area contributed by atoms with Crippen LogP contribution in [0.3, 0.4) is 0 Å². The summed E-state index contributed by atoms with van der Waals surface area (Å²) in [5.74, 6) is -0.761. The van der Waals surface area contributed by atoms with Crippen molar-refractivity contribution in [2.45, 2.75) is 30.9 Å². The highest BCUT2D eigenvalue weighted by Gasteiger charge is 2.28. The van der Waals surface area contributed by atoms with Crippen molar-refractivity contribution < 1.29 is 22.7 Å². The summed E-state index contributed by atoms with van der Waals surface area (Å²) in [6.07, 6.45) is 0.787. The molecule has 7 heteroatoms. The summed E-state index contributed by atoms with van der Waals surface area (Å²) in [4.78, 5) is -0.402. The van der Waals surface area contributed by atoms with E-state index < -0.39 is 20.7 Å². The van der Waals surface area contributed by atoms with Crippen LogP contribution in [-0.2, 0) is 21.4 Å². The van der Waals surface area contributed by atoms with Gasteiger partial charge in [-0.05, 0) is 31.0 Å². The van der Waals surface area contributed by atoms with Crippen molar-refractivity contribution in [3.63, 3.8) is 0 Å². The first-order chi connectivity index (χ1) is 9.44. The summed E-state index contributed by atoms with van der Waals surface area (Å²) in [6, 6.07) is 3.26. The molecule has 1 aliphatic rings. The molecule has 5 nitrogen and oxygen atoms in total. The maximum absolute atomic E-state index is 13.8. The second-order valence-corrected chi connectivity index (χ2v) is 6.64. The molecular formula is C13H18FNO4S. The molecule has 1 aromatic rings. The molecule has 0 amide bonds. The minimum atomic E-state index is -3.91. The molecule has 20 heavy (non-hydrogen) atoms. The number of aliphatic hydroxyl groups excluding tert-OH is 1. The summed E-state index contributed by atoms with van der Waals surface area (Å²) >= 11 is 0. The smallest absolute Gasteiger partial charge is 0.243 e. The topological polar surface area (TPSA) is 75.6 Å². The lowest BCUT2D eigenvalue weighted by molar-refractivity contribution is 0.180. The molecule has 2 rings (SSSR count). The Morgan fingerprint density at radius 3 is 2.85 bits per heavy atom. The molecule has 2 unspecified atom stereocenters. The zero-order chi connectivity index (χ0) is 14.8. The molecule has 1 fully saturated rings. The average molecular weight is 303 g/mol. The summed E-state index contributed by atoms with van der Waals surface area (Å²) in [6.45, 7) is 2.54. The zero-order valence-electron chi connectivity index (χ0n) is 11.2. The Labute approximate surface area is 117 Å². The number of sulfonamides is 1. The van der Waals surface area contributed by atoms with Gasteiger partial charge in [-0.1, -0.05) is 6.07 Å². The van der Waals surface area contributed by atoms with Crippen LogP contribution in [0, 0.1) is 11.7 Å². The standard InChI is InChI=1S/C13H18FNO4S/c1-9(11-4-5-19-8-11)15-20(17,18)13-3-2-10(7-16)6-12(13)14/h2-3,6,9,11,15-16H,4-5,7-8H2,1H3. The maximum atomic E-state index is 13.8. The third kappa shape index (κ3) is 3.35. The van der Waals surface area contributed by atoms with Crippen molar-refractivity contribution in [3.05, 3.63) is 29.6 Å². The highest BCUT2D eigenvalue weighted by atomic mass is 32.2. The molecule has 0 aromatic heterocycles. The molecule has 2 atom stereocenters. The van der Waals surface area contributed by atoms with Gasteiger partial charge in [0.15, 0.2) is 0 Å². The Balaban J connectivity index is 2.17. The number of nitrogens with one attached hydrogen (secondary N) is 1. The Bertz CT molecular complexity index is 570. The van der Waals surface area contributed by atoms with Crippen LogP contribution in [0.15, 0.2) is 23.1 Å². The number of benzene rings is 1. The number of ether oxygens (including phenoxy) is 1. The molecule has 1 aromatic carbocycles. The second-order valence-electron chi connectivity index (χ2n) is 4.96. The Morgan fingerprint density at radius 2 is 2.30 bits per heavy atom. The number of rotatable bonds is 5. The Kier molecular flexibility index (Phi) is 4.74.